The smallest absolute Gasteiger partial charge is 0.218 e. The van der Waals surface area contributed by atoms with E-state index in [1.807, 2.05) is 0 Å². The Labute approximate surface area is 147 Å². The van der Waals surface area contributed by atoms with E-state index in [0.29, 0.717) is 18.1 Å². The Morgan fingerprint density at radius 1 is 0.875 bits per heavy atom. The van der Waals surface area contributed by atoms with Crippen LogP contribution in [0.1, 0.15) is 25.7 Å². The van der Waals surface area contributed by atoms with Crippen LogP contribution in [0.5, 0.6) is 0 Å². The molecule has 9 heteroatoms. The average Bonchev–Trinajstić information content (AvgIpc) is 2.51. The number of nitrogens with zero attached hydrogens (tertiary/aromatic N) is 3. The number of nitrogens with two attached hydrogens (primary N) is 4. The summed E-state index contributed by atoms with van der Waals surface area (Å²) in [7, 11) is 0. The molecule has 0 atom stereocenters. The second kappa shape index (κ2) is 11.1. The number of halogens is 1. The maximum absolute atomic E-state index is 5.81. The molecule has 0 aliphatic rings. The van der Waals surface area contributed by atoms with Gasteiger partial charge in [0.25, 0.3) is 0 Å². The third-order valence-corrected chi connectivity index (χ3v) is 3.24. The lowest BCUT2D eigenvalue weighted by Crippen LogP contribution is -2.26. The first-order valence-electron chi connectivity index (χ1n) is 7.69. The van der Waals surface area contributed by atoms with Crippen LogP contribution in [0.3, 0.4) is 0 Å². The first-order chi connectivity index (χ1) is 11.5. The molecule has 24 heavy (non-hydrogen) atoms. The van der Waals surface area contributed by atoms with E-state index >= 15 is 0 Å². The molecule has 1 aromatic rings. The van der Waals surface area contributed by atoms with Gasteiger partial charge in [-0.1, -0.05) is 24.4 Å². The lowest BCUT2D eigenvalue weighted by Gasteiger charge is -2.05. The molecule has 0 amide bonds. The van der Waals surface area contributed by atoms with Gasteiger partial charge in [-0.2, -0.15) is 4.99 Å². The molecule has 1 rings (SSSR count). The average molecular weight is 353 g/mol. The Kier molecular flexibility index (Phi) is 9.06. The van der Waals surface area contributed by atoms with Gasteiger partial charge in [-0.05, 0) is 37.1 Å². The largest absolute Gasteiger partial charge is 0.370 e. The summed E-state index contributed by atoms with van der Waals surface area (Å²) >= 11 is 5.81. The summed E-state index contributed by atoms with van der Waals surface area (Å²) in [5.41, 5.74) is 22.8. The van der Waals surface area contributed by atoms with Crippen LogP contribution < -0.4 is 28.3 Å². The number of nitrogens with one attached hydrogen (secondary N) is 1. The van der Waals surface area contributed by atoms with Crippen molar-refractivity contribution in [1.29, 1.82) is 0 Å². The van der Waals surface area contributed by atoms with Crippen molar-refractivity contribution in [2.75, 3.05) is 18.4 Å². The standard InChI is InChI=1S/C15H25ClN8/c16-11-5-7-12(8-6-11)23-15(20)24-14(19)22-10-4-2-1-3-9-21-13(17)18/h5-8H,1-4,9-10H2,(H4,17,18,21)(H5,19,20,22,23,24). The van der Waals surface area contributed by atoms with E-state index in [1.165, 1.54) is 0 Å². The molecule has 0 saturated carbocycles. The summed E-state index contributed by atoms with van der Waals surface area (Å²) in [4.78, 5) is 12.1. The van der Waals surface area contributed by atoms with Gasteiger partial charge in [0.2, 0.25) is 11.9 Å². The van der Waals surface area contributed by atoms with Crippen molar-refractivity contribution in [2.45, 2.75) is 25.7 Å². The molecule has 0 aliphatic heterocycles. The van der Waals surface area contributed by atoms with Crippen LogP contribution >= 0.6 is 11.6 Å². The molecule has 1 aromatic carbocycles. The Bertz CT molecular complexity index is 576. The molecule has 8 nitrogen and oxygen atoms in total. The van der Waals surface area contributed by atoms with Crippen LogP contribution in [-0.4, -0.2) is 31.0 Å². The zero-order chi connectivity index (χ0) is 17.8. The van der Waals surface area contributed by atoms with Gasteiger partial charge in [0.1, 0.15) is 0 Å². The number of guanidine groups is 3. The van der Waals surface area contributed by atoms with Gasteiger partial charge in [0.05, 0.1) is 0 Å². The molecule has 0 bridgehead atoms. The normalized spacial score (nSPS) is 12.0. The quantitative estimate of drug-likeness (QED) is 0.270. The Morgan fingerprint density at radius 3 is 2.04 bits per heavy atom. The highest BCUT2D eigenvalue weighted by Crippen LogP contribution is 2.12. The van der Waals surface area contributed by atoms with E-state index in [9.17, 15) is 0 Å². The summed E-state index contributed by atoms with van der Waals surface area (Å²) in [6.07, 6.45) is 3.94. The van der Waals surface area contributed by atoms with E-state index < -0.39 is 0 Å². The SMILES string of the molecule is NC(N)=NCCCCCCN=C(N)N=C(N)Nc1ccc(Cl)cc1. The van der Waals surface area contributed by atoms with Crippen molar-refractivity contribution in [3.63, 3.8) is 0 Å². The monoisotopic (exact) mass is 352 g/mol. The van der Waals surface area contributed by atoms with Crippen LogP contribution in [0.25, 0.3) is 0 Å². The summed E-state index contributed by atoms with van der Waals surface area (Å²) in [5.74, 6) is 0.459. The Hall–Kier alpha value is -2.48. The predicted molar refractivity (Wildman–Crippen MR) is 102 cm³/mol. The minimum absolute atomic E-state index is 0.134. The van der Waals surface area contributed by atoms with Crippen molar-refractivity contribution < 1.29 is 0 Å². The van der Waals surface area contributed by atoms with Crippen molar-refractivity contribution in [3.05, 3.63) is 29.3 Å². The number of anilines is 1. The van der Waals surface area contributed by atoms with Crippen LogP contribution in [-0.2, 0) is 0 Å². The molecule has 0 unspecified atom stereocenters. The zero-order valence-electron chi connectivity index (χ0n) is 13.6. The van der Waals surface area contributed by atoms with Crippen LogP contribution in [0.2, 0.25) is 5.02 Å². The van der Waals surface area contributed by atoms with Crippen LogP contribution in [0.4, 0.5) is 5.69 Å². The summed E-state index contributed by atoms with van der Waals surface area (Å²) in [5, 5.41) is 3.56. The Balaban J connectivity index is 2.25. The first-order valence-corrected chi connectivity index (χ1v) is 8.07. The van der Waals surface area contributed by atoms with Gasteiger partial charge in [-0.3, -0.25) is 9.98 Å². The van der Waals surface area contributed by atoms with E-state index in [0.717, 1.165) is 31.4 Å². The van der Waals surface area contributed by atoms with Crippen molar-refractivity contribution in [1.82, 2.24) is 0 Å². The Morgan fingerprint density at radius 2 is 1.46 bits per heavy atom. The number of rotatable bonds is 8. The molecular weight excluding hydrogens is 328 g/mol. The minimum atomic E-state index is 0.134. The molecule has 0 aromatic heterocycles. The number of hydrogen-bond donors (Lipinski definition) is 5. The van der Waals surface area contributed by atoms with Crippen molar-refractivity contribution in [3.8, 4) is 0 Å². The highest BCUT2D eigenvalue weighted by Gasteiger charge is 1.97. The van der Waals surface area contributed by atoms with E-state index in [4.69, 9.17) is 34.5 Å². The van der Waals surface area contributed by atoms with Gasteiger partial charge in [-0.15, -0.1) is 0 Å². The zero-order valence-corrected chi connectivity index (χ0v) is 14.3. The number of unbranched alkanes of at least 4 members (excludes halogenated alkanes) is 3. The first kappa shape index (κ1) is 19.6. The fourth-order valence-electron chi connectivity index (χ4n) is 1.85. The van der Waals surface area contributed by atoms with Gasteiger partial charge < -0.3 is 28.3 Å². The van der Waals surface area contributed by atoms with Gasteiger partial charge in [0.15, 0.2) is 5.96 Å². The van der Waals surface area contributed by atoms with Crippen molar-refractivity contribution in [2.24, 2.45) is 37.9 Å². The molecule has 132 valence electrons. The second-order valence-electron chi connectivity index (χ2n) is 5.09. The lowest BCUT2D eigenvalue weighted by atomic mass is 10.2. The van der Waals surface area contributed by atoms with Gasteiger partial charge >= 0.3 is 0 Å². The number of aliphatic imine (C=N–C) groups is 3. The summed E-state index contributed by atoms with van der Waals surface area (Å²) in [6.45, 7) is 1.26. The highest BCUT2D eigenvalue weighted by atomic mass is 35.5. The number of benzene rings is 1. The summed E-state index contributed by atoms with van der Waals surface area (Å²) < 4.78 is 0. The molecule has 0 radical (unpaired) electrons. The van der Waals surface area contributed by atoms with E-state index in [2.05, 4.69) is 20.3 Å². The fourth-order valence-corrected chi connectivity index (χ4v) is 1.97. The van der Waals surface area contributed by atoms with Crippen molar-refractivity contribution >= 4 is 35.2 Å². The fraction of sp³-hybridized carbons (Fsp3) is 0.400. The van der Waals surface area contributed by atoms with Crippen LogP contribution in [0, 0.1) is 0 Å². The highest BCUT2D eigenvalue weighted by molar-refractivity contribution is 6.30. The summed E-state index contributed by atoms with van der Waals surface area (Å²) in [6, 6.07) is 7.09. The van der Waals surface area contributed by atoms with Crippen LogP contribution in [0.15, 0.2) is 39.2 Å². The molecule has 0 saturated heterocycles. The van der Waals surface area contributed by atoms with E-state index in [1.54, 1.807) is 24.3 Å². The second-order valence-corrected chi connectivity index (χ2v) is 5.53. The minimum Gasteiger partial charge on any atom is -0.370 e. The molecule has 0 spiro atoms. The molecule has 0 aliphatic carbocycles. The molecule has 0 fully saturated rings. The number of hydrogen-bond acceptors (Lipinski definition) is 2. The van der Waals surface area contributed by atoms with E-state index in [-0.39, 0.29) is 17.9 Å². The topological polar surface area (TPSA) is 153 Å². The maximum atomic E-state index is 5.81. The third kappa shape index (κ3) is 9.52. The third-order valence-electron chi connectivity index (χ3n) is 2.99. The molecule has 9 N–H and O–H groups in total. The maximum Gasteiger partial charge on any atom is 0.218 e. The predicted octanol–water partition coefficient (Wildman–Crippen LogP) is 1.22. The molecule has 0 heterocycles. The van der Waals surface area contributed by atoms with Gasteiger partial charge in [0, 0.05) is 23.8 Å². The molecular formula is C15H25ClN8. The van der Waals surface area contributed by atoms with Gasteiger partial charge in [-0.25, -0.2) is 0 Å². The lowest BCUT2D eigenvalue weighted by molar-refractivity contribution is 0.653.